The molecule has 0 aliphatic carbocycles. The van der Waals surface area contributed by atoms with Crippen molar-refractivity contribution in [3.63, 3.8) is 0 Å². The largest absolute Gasteiger partial charge is 0.501 e. The Bertz CT molecular complexity index is 1520. The molecule has 0 unspecified atom stereocenters. The Hall–Kier alpha value is -3.37. The predicted molar refractivity (Wildman–Crippen MR) is 147 cm³/mol. The predicted octanol–water partition coefficient (Wildman–Crippen LogP) is 7.54. The molecule has 0 amide bonds. The Morgan fingerprint density at radius 2 is 1.42 bits per heavy atom. The molecule has 0 fully saturated rings. The Balaban J connectivity index is 0.000000198. The number of benzene rings is 3. The Morgan fingerprint density at radius 1 is 0.694 bits per heavy atom. The van der Waals surface area contributed by atoms with Crippen molar-refractivity contribution >= 4 is 35.2 Å². The van der Waals surface area contributed by atoms with Gasteiger partial charge in [-0.3, -0.25) is 0 Å². The maximum atomic E-state index is 6.22. The van der Waals surface area contributed by atoms with Gasteiger partial charge in [0.15, 0.2) is 0 Å². The van der Waals surface area contributed by atoms with Gasteiger partial charge in [-0.2, -0.15) is 0 Å². The minimum atomic E-state index is -1.36. The molecule has 6 rings (SSSR count). The molecular weight excluding hydrogens is 637 g/mol. The zero-order chi connectivity index (χ0) is 24.3. The van der Waals surface area contributed by atoms with Crippen molar-refractivity contribution in [1.29, 1.82) is 0 Å². The molecule has 3 aromatic heterocycles. The van der Waals surface area contributed by atoms with Crippen LogP contribution in [0, 0.1) is 12.1 Å². The number of hydrogen-bond donors (Lipinski definition) is 0. The molecule has 0 spiro atoms. The van der Waals surface area contributed by atoms with E-state index < -0.39 is 8.07 Å². The third-order valence-corrected chi connectivity index (χ3v) is 7.91. The second kappa shape index (κ2) is 11.1. The van der Waals surface area contributed by atoms with Gasteiger partial charge in [0.25, 0.3) is 0 Å². The summed E-state index contributed by atoms with van der Waals surface area (Å²) in [5.74, 6) is 0. The molecule has 0 aliphatic heterocycles. The first-order chi connectivity index (χ1) is 17.0. The third kappa shape index (κ3) is 5.54. The molecule has 0 saturated carbocycles. The minimum Gasteiger partial charge on any atom is -0.501 e. The summed E-state index contributed by atoms with van der Waals surface area (Å²) < 4.78 is 6.22. The van der Waals surface area contributed by atoms with E-state index >= 15 is 0 Å². The van der Waals surface area contributed by atoms with Crippen LogP contribution in [0.15, 0.2) is 108 Å². The first-order valence-corrected chi connectivity index (χ1v) is 15.2. The number of pyridine rings is 2. The smallest absolute Gasteiger partial charge is 0.120 e. The van der Waals surface area contributed by atoms with E-state index in [1.54, 1.807) is 12.4 Å². The first kappa shape index (κ1) is 25.7. The van der Waals surface area contributed by atoms with Gasteiger partial charge < -0.3 is 14.4 Å². The van der Waals surface area contributed by atoms with Crippen LogP contribution in [0.25, 0.3) is 44.5 Å². The zero-order valence-electron chi connectivity index (χ0n) is 20.5. The summed E-state index contributed by atoms with van der Waals surface area (Å²) in [7, 11) is -1.36. The zero-order valence-corrected chi connectivity index (χ0v) is 23.8. The first-order valence-electron chi connectivity index (χ1n) is 11.7. The average Bonchev–Trinajstić information content (AvgIpc) is 3.28. The van der Waals surface area contributed by atoms with E-state index in [0.717, 1.165) is 44.5 Å². The third-order valence-electron chi connectivity index (χ3n) is 5.87. The second-order valence-electron chi connectivity index (χ2n) is 9.36. The molecule has 5 heteroatoms. The van der Waals surface area contributed by atoms with Crippen LogP contribution in [0.2, 0.25) is 19.6 Å². The maximum Gasteiger partial charge on any atom is 0.120 e. The van der Waals surface area contributed by atoms with E-state index in [2.05, 4.69) is 66.0 Å². The van der Waals surface area contributed by atoms with Crippen LogP contribution in [-0.4, -0.2) is 18.0 Å². The molecule has 3 nitrogen and oxygen atoms in total. The van der Waals surface area contributed by atoms with Gasteiger partial charge in [-0.1, -0.05) is 72.2 Å². The summed E-state index contributed by atoms with van der Waals surface area (Å²) in [6.07, 6.45) is 3.59. The van der Waals surface area contributed by atoms with Gasteiger partial charge in [0.2, 0.25) is 0 Å². The summed E-state index contributed by atoms with van der Waals surface area (Å²) in [5, 5.41) is 3.70. The molecular formula is C31H26IrN2OSi-2. The number of aromatic nitrogens is 2. The molecule has 0 aliphatic rings. The van der Waals surface area contributed by atoms with Crippen LogP contribution in [0.1, 0.15) is 0 Å². The molecule has 6 aromatic rings. The van der Waals surface area contributed by atoms with Crippen molar-refractivity contribution in [2.45, 2.75) is 19.6 Å². The fourth-order valence-corrected chi connectivity index (χ4v) is 5.13. The average molecular weight is 663 g/mol. The van der Waals surface area contributed by atoms with Crippen LogP contribution in [0.5, 0.6) is 0 Å². The van der Waals surface area contributed by atoms with Gasteiger partial charge in [0, 0.05) is 37.9 Å². The molecule has 0 saturated heterocycles. The van der Waals surface area contributed by atoms with Gasteiger partial charge in [-0.15, -0.1) is 54.1 Å². The monoisotopic (exact) mass is 663 g/mol. The van der Waals surface area contributed by atoms with E-state index in [0.29, 0.717) is 0 Å². The van der Waals surface area contributed by atoms with Crippen LogP contribution in [-0.2, 0) is 20.1 Å². The SMILES string of the molecule is C[Si](C)(C)c1ccc2c(c1)oc1c(-c3ccccn3)[c-]ccc12.[Ir].[c-]1ccccc1-c1ccccn1. The van der Waals surface area contributed by atoms with Crippen LogP contribution < -0.4 is 5.19 Å². The van der Waals surface area contributed by atoms with E-state index in [9.17, 15) is 0 Å². The standard InChI is InChI=1S/C20H18NOSi.C11H8N.Ir/c1-23(2,3)14-10-11-15-16-7-6-8-17(18-9-4-5-12-21-18)20(16)22-19(15)13-14;1-2-6-10(7-3-1)11-8-4-5-9-12-11;/h4-7,9-13H,1-3H3;1-6,8-9H;/q2*-1;. The van der Waals surface area contributed by atoms with Crippen LogP contribution in [0.4, 0.5) is 0 Å². The van der Waals surface area contributed by atoms with E-state index in [-0.39, 0.29) is 20.1 Å². The molecule has 3 aromatic carbocycles. The van der Waals surface area contributed by atoms with Gasteiger partial charge in [-0.25, -0.2) is 0 Å². The van der Waals surface area contributed by atoms with Gasteiger partial charge in [0.05, 0.1) is 13.7 Å². The quantitative estimate of drug-likeness (QED) is 0.145. The summed E-state index contributed by atoms with van der Waals surface area (Å²) >= 11 is 0. The molecule has 0 bridgehead atoms. The van der Waals surface area contributed by atoms with Crippen molar-refractivity contribution in [2.24, 2.45) is 0 Å². The van der Waals surface area contributed by atoms with Crippen molar-refractivity contribution in [3.05, 3.63) is 116 Å². The number of rotatable bonds is 3. The van der Waals surface area contributed by atoms with Crippen molar-refractivity contribution in [3.8, 4) is 22.5 Å². The fraction of sp³-hybridized carbons (Fsp3) is 0.0968. The number of fused-ring (bicyclic) bond motifs is 3. The minimum absolute atomic E-state index is 0. The molecule has 181 valence electrons. The topological polar surface area (TPSA) is 38.9 Å². The Morgan fingerprint density at radius 3 is 2.06 bits per heavy atom. The molecule has 0 N–H and O–H groups in total. The van der Waals surface area contributed by atoms with Gasteiger partial charge in [0.1, 0.15) is 5.58 Å². The Labute approximate surface area is 226 Å². The van der Waals surface area contributed by atoms with Crippen molar-refractivity contribution < 1.29 is 24.5 Å². The summed E-state index contributed by atoms with van der Waals surface area (Å²) in [5.41, 5.74) is 5.65. The molecule has 36 heavy (non-hydrogen) atoms. The van der Waals surface area contributed by atoms with Crippen molar-refractivity contribution in [1.82, 2.24) is 9.97 Å². The molecule has 1 radical (unpaired) electrons. The fourth-order valence-electron chi connectivity index (χ4n) is 3.98. The number of nitrogens with zero attached hydrogens (tertiary/aromatic N) is 2. The number of furan rings is 1. The van der Waals surface area contributed by atoms with E-state index in [1.807, 2.05) is 66.7 Å². The summed E-state index contributed by atoms with van der Waals surface area (Å²) in [6.45, 7) is 7.05. The van der Waals surface area contributed by atoms with Crippen LogP contribution >= 0.6 is 0 Å². The second-order valence-corrected chi connectivity index (χ2v) is 14.4. The summed E-state index contributed by atoms with van der Waals surface area (Å²) in [4.78, 5) is 8.66. The number of hydrogen-bond acceptors (Lipinski definition) is 3. The van der Waals surface area contributed by atoms with Crippen LogP contribution in [0.3, 0.4) is 0 Å². The van der Waals surface area contributed by atoms with E-state index in [4.69, 9.17) is 4.42 Å². The molecule has 3 heterocycles. The summed E-state index contributed by atoms with van der Waals surface area (Å²) in [6, 6.07) is 36.7. The Kier molecular flexibility index (Phi) is 7.95. The molecule has 0 atom stereocenters. The van der Waals surface area contributed by atoms with E-state index in [1.165, 1.54) is 5.19 Å². The maximum absolute atomic E-state index is 6.22. The van der Waals surface area contributed by atoms with Gasteiger partial charge in [-0.05, 0) is 29.6 Å². The normalized spacial score (nSPS) is 11.0. The van der Waals surface area contributed by atoms with Crippen molar-refractivity contribution in [2.75, 3.05) is 0 Å². The van der Waals surface area contributed by atoms with Gasteiger partial charge >= 0.3 is 0 Å².